The Morgan fingerprint density at radius 2 is 1.70 bits per heavy atom. The minimum atomic E-state index is -0.0123. The van der Waals surface area contributed by atoms with Crippen LogP contribution < -0.4 is 9.47 Å². The third-order valence-corrected chi connectivity index (χ3v) is 3.71. The van der Waals surface area contributed by atoms with Crippen molar-refractivity contribution in [3.8, 4) is 11.5 Å². The molecular formula is C19H23NO3. The Bertz CT molecular complexity index is 690. The number of hydrogen-bond acceptors (Lipinski definition) is 3. The van der Waals surface area contributed by atoms with Crippen molar-refractivity contribution in [1.29, 1.82) is 0 Å². The molecule has 1 amide bonds. The van der Waals surface area contributed by atoms with Crippen molar-refractivity contribution < 1.29 is 14.3 Å². The van der Waals surface area contributed by atoms with Crippen LogP contribution in [0.15, 0.2) is 36.4 Å². The normalized spacial score (nSPS) is 10.3. The molecule has 2 rings (SSSR count). The number of ether oxygens (including phenoxy) is 2. The molecule has 0 atom stereocenters. The Kier molecular flexibility index (Phi) is 5.27. The van der Waals surface area contributed by atoms with Crippen molar-refractivity contribution >= 4 is 5.91 Å². The molecule has 0 aliphatic rings. The van der Waals surface area contributed by atoms with Crippen molar-refractivity contribution in [2.24, 2.45) is 0 Å². The average Bonchev–Trinajstić information content (AvgIpc) is 2.52. The smallest absolute Gasteiger partial charge is 0.253 e. The van der Waals surface area contributed by atoms with E-state index in [2.05, 4.69) is 6.07 Å². The van der Waals surface area contributed by atoms with Crippen LogP contribution >= 0.6 is 0 Å². The van der Waals surface area contributed by atoms with Crippen LogP contribution in [0.2, 0.25) is 0 Å². The van der Waals surface area contributed by atoms with Gasteiger partial charge in [-0.25, -0.2) is 0 Å². The summed E-state index contributed by atoms with van der Waals surface area (Å²) >= 11 is 0. The summed E-state index contributed by atoms with van der Waals surface area (Å²) in [6.45, 7) is 4.44. The molecule has 0 spiro atoms. The quantitative estimate of drug-likeness (QED) is 0.846. The van der Waals surface area contributed by atoms with Crippen molar-refractivity contribution in [3.63, 3.8) is 0 Å². The highest BCUT2D eigenvalue weighted by molar-refractivity contribution is 5.94. The largest absolute Gasteiger partial charge is 0.493 e. The summed E-state index contributed by atoms with van der Waals surface area (Å²) in [5.74, 6) is 1.31. The lowest BCUT2D eigenvalue weighted by Gasteiger charge is -2.20. The van der Waals surface area contributed by atoms with E-state index in [4.69, 9.17) is 9.47 Å². The number of amides is 1. The Labute approximate surface area is 137 Å². The van der Waals surface area contributed by atoms with Gasteiger partial charge in [0.25, 0.3) is 5.91 Å². The maximum atomic E-state index is 12.7. The molecule has 0 saturated heterocycles. The maximum absolute atomic E-state index is 12.7. The predicted octanol–water partition coefficient (Wildman–Crippen LogP) is 3.59. The third kappa shape index (κ3) is 3.83. The molecule has 0 saturated carbocycles. The fourth-order valence-electron chi connectivity index (χ4n) is 2.72. The van der Waals surface area contributed by atoms with Crippen LogP contribution in [-0.4, -0.2) is 32.1 Å². The Balaban J connectivity index is 2.25. The molecule has 0 N–H and O–H groups in total. The highest BCUT2D eigenvalue weighted by atomic mass is 16.5. The van der Waals surface area contributed by atoms with Gasteiger partial charge in [0.2, 0.25) is 0 Å². The zero-order valence-corrected chi connectivity index (χ0v) is 14.3. The second-order valence-electron chi connectivity index (χ2n) is 5.69. The van der Waals surface area contributed by atoms with Gasteiger partial charge in [-0.05, 0) is 32.0 Å². The van der Waals surface area contributed by atoms with E-state index in [9.17, 15) is 4.79 Å². The Hall–Kier alpha value is -2.49. The summed E-state index contributed by atoms with van der Waals surface area (Å²) in [6.07, 6.45) is 0. The number of aryl methyl sites for hydroxylation is 2. The van der Waals surface area contributed by atoms with E-state index in [1.54, 1.807) is 26.2 Å². The Morgan fingerprint density at radius 1 is 1.04 bits per heavy atom. The summed E-state index contributed by atoms with van der Waals surface area (Å²) in [6, 6.07) is 11.6. The second-order valence-corrected chi connectivity index (χ2v) is 5.69. The summed E-state index contributed by atoms with van der Waals surface area (Å²) in [5, 5.41) is 0. The molecule has 4 heteroatoms. The summed E-state index contributed by atoms with van der Waals surface area (Å²) in [5.41, 5.74) is 3.78. The van der Waals surface area contributed by atoms with Gasteiger partial charge in [0.05, 0.1) is 14.2 Å². The van der Waals surface area contributed by atoms with Gasteiger partial charge in [0.15, 0.2) is 11.5 Å². The van der Waals surface area contributed by atoms with Gasteiger partial charge in [-0.1, -0.05) is 29.3 Å². The van der Waals surface area contributed by atoms with Gasteiger partial charge in [0.1, 0.15) is 0 Å². The van der Waals surface area contributed by atoms with E-state index >= 15 is 0 Å². The number of nitrogens with zero attached hydrogens (tertiary/aromatic N) is 1. The van der Waals surface area contributed by atoms with E-state index in [-0.39, 0.29) is 5.91 Å². The van der Waals surface area contributed by atoms with Crippen molar-refractivity contribution in [1.82, 2.24) is 4.90 Å². The molecule has 0 aliphatic heterocycles. The van der Waals surface area contributed by atoms with Gasteiger partial charge in [-0.15, -0.1) is 0 Å². The standard InChI is InChI=1S/C19H23NO3/c1-13-9-14(2)11-16(10-13)19(21)20(3)12-15-7-6-8-17(22-4)18(15)23-5/h6-11H,12H2,1-5H3. The van der Waals surface area contributed by atoms with E-state index in [0.717, 1.165) is 16.7 Å². The summed E-state index contributed by atoms with van der Waals surface area (Å²) < 4.78 is 10.7. The van der Waals surface area contributed by atoms with Crippen LogP contribution in [0.3, 0.4) is 0 Å². The fraction of sp³-hybridized carbons (Fsp3) is 0.316. The first kappa shape index (κ1) is 16.9. The molecule has 122 valence electrons. The molecule has 0 aliphatic carbocycles. The summed E-state index contributed by atoms with van der Waals surface area (Å²) in [7, 11) is 5.00. The van der Waals surface area contributed by atoms with Gasteiger partial charge in [0, 0.05) is 24.7 Å². The third-order valence-electron chi connectivity index (χ3n) is 3.71. The molecule has 4 nitrogen and oxygen atoms in total. The zero-order valence-electron chi connectivity index (χ0n) is 14.3. The molecule has 23 heavy (non-hydrogen) atoms. The number of methoxy groups -OCH3 is 2. The van der Waals surface area contributed by atoms with Crippen LogP contribution in [0, 0.1) is 13.8 Å². The first-order valence-electron chi connectivity index (χ1n) is 7.50. The first-order valence-corrected chi connectivity index (χ1v) is 7.50. The molecule has 0 heterocycles. The zero-order chi connectivity index (χ0) is 17.0. The number of carbonyl (C=O) groups excluding carboxylic acids is 1. The monoisotopic (exact) mass is 313 g/mol. The lowest BCUT2D eigenvalue weighted by molar-refractivity contribution is 0.0784. The topological polar surface area (TPSA) is 38.8 Å². The lowest BCUT2D eigenvalue weighted by atomic mass is 10.1. The van der Waals surface area contributed by atoms with E-state index in [0.29, 0.717) is 23.6 Å². The number of rotatable bonds is 5. The van der Waals surface area contributed by atoms with Gasteiger partial charge < -0.3 is 14.4 Å². The van der Waals surface area contributed by atoms with E-state index in [1.165, 1.54) is 0 Å². The molecule has 0 fully saturated rings. The molecule has 2 aromatic rings. The minimum Gasteiger partial charge on any atom is -0.493 e. The minimum absolute atomic E-state index is 0.0123. The molecule has 0 aromatic heterocycles. The predicted molar refractivity (Wildman–Crippen MR) is 91.3 cm³/mol. The van der Waals surface area contributed by atoms with Crippen molar-refractivity contribution in [3.05, 3.63) is 58.7 Å². The number of benzene rings is 2. The summed E-state index contributed by atoms with van der Waals surface area (Å²) in [4.78, 5) is 14.3. The Morgan fingerprint density at radius 3 is 2.26 bits per heavy atom. The van der Waals surface area contributed by atoms with Gasteiger partial charge in [-0.2, -0.15) is 0 Å². The van der Waals surface area contributed by atoms with Crippen LogP contribution in [0.1, 0.15) is 27.0 Å². The van der Waals surface area contributed by atoms with Crippen LogP contribution in [0.5, 0.6) is 11.5 Å². The molecule has 0 radical (unpaired) electrons. The fourth-order valence-corrected chi connectivity index (χ4v) is 2.72. The molecule has 2 aromatic carbocycles. The number of para-hydroxylation sites is 1. The highest BCUT2D eigenvalue weighted by Crippen LogP contribution is 2.31. The van der Waals surface area contributed by atoms with Crippen LogP contribution in [0.25, 0.3) is 0 Å². The second kappa shape index (κ2) is 7.18. The molecule has 0 unspecified atom stereocenters. The van der Waals surface area contributed by atoms with Crippen LogP contribution in [-0.2, 0) is 6.54 Å². The number of carbonyl (C=O) groups is 1. The highest BCUT2D eigenvalue weighted by Gasteiger charge is 2.16. The molecule has 0 bridgehead atoms. The van der Waals surface area contributed by atoms with Crippen LogP contribution in [0.4, 0.5) is 0 Å². The average molecular weight is 313 g/mol. The van der Waals surface area contributed by atoms with E-state index < -0.39 is 0 Å². The SMILES string of the molecule is COc1cccc(CN(C)C(=O)c2cc(C)cc(C)c2)c1OC. The van der Waals surface area contributed by atoms with Gasteiger partial charge in [-0.3, -0.25) is 4.79 Å². The van der Waals surface area contributed by atoms with Gasteiger partial charge >= 0.3 is 0 Å². The first-order chi connectivity index (χ1) is 11.0. The van der Waals surface area contributed by atoms with Crippen molar-refractivity contribution in [2.75, 3.05) is 21.3 Å². The molecular weight excluding hydrogens is 290 g/mol. The maximum Gasteiger partial charge on any atom is 0.253 e. The number of hydrogen-bond donors (Lipinski definition) is 0. The van der Waals surface area contributed by atoms with Crippen molar-refractivity contribution in [2.45, 2.75) is 20.4 Å². The lowest BCUT2D eigenvalue weighted by Crippen LogP contribution is -2.26. The van der Waals surface area contributed by atoms with E-state index in [1.807, 2.05) is 44.2 Å².